The molecular weight excluding hydrogens is 208 g/mol. The van der Waals surface area contributed by atoms with Gasteiger partial charge in [0.05, 0.1) is 6.04 Å². The fraction of sp³-hybridized carbons (Fsp3) is 0.818. The van der Waals surface area contributed by atoms with Gasteiger partial charge in [0.1, 0.15) is 11.6 Å². The molecule has 2 fully saturated rings. The number of hydrogen-bond donors (Lipinski definition) is 1. The first kappa shape index (κ1) is 11.4. The second kappa shape index (κ2) is 3.45. The first-order valence-electron chi connectivity index (χ1n) is 5.56. The highest BCUT2D eigenvalue weighted by atomic mass is 16.6. The van der Waals surface area contributed by atoms with Crippen LogP contribution < -0.4 is 5.32 Å². The van der Waals surface area contributed by atoms with E-state index in [0.29, 0.717) is 6.54 Å². The molecule has 2 heterocycles. The number of nitrogens with zero attached hydrogens (tertiary/aromatic N) is 1. The first-order valence-corrected chi connectivity index (χ1v) is 5.56. The summed E-state index contributed by atoms with van der Waals surface area (Å²) in [6.45, 7) is 7.56. The molecule has 5 nitrogen and oxygen atoms in total. The average Bonchev–Trinajstić information content (AvgIpc) is 2.73. The molecular formula is C11H18N2O3. The van der Waals surface area contributed by atoms with E-state index in [0.717, 1.165) is 0 Å². The minimum atomic E-state index is -0.515. The van der Waals surface area contributed by atoms with Gasteiger partial charge in [-0.2, -0.15) is 0 Å². The predicted molar refractivity (Wildman–Crippen MR) is 58.1 cm³/mol. The minimum Gasteiger partial charge on any atom is -0.444 e. The van der Waals surface area contributed by atoms with Crippen LogP contribution in [-0.4, -0.2) is 47.0 Å². The van der Waals surface area contributed by atoms with Crippen LogP contribution in [0.1, 0.15) is 27.7 Å². The summed E-state index contributed by atoms with van der Waals surface area (Å²) in [6, 6.07) is 0.0753. The Bertz CT molecular complexity index is 335. The molecule has 0 bridgehead atoms. The van der Waals surface area contributed by atoms with Gasteiger partial charge in [0.15, 0.2) is 5.78 Å². The van der Waals surface area contributed by atoms with Crippen molar-refractivity contribution in [1.82, 2.24) is 10.2 Å². The lowest BCUT2D eigenvalue weighted by atomic mass is 10.1. The molecule has 0 aromatic heterocycles. The highest BCUT2D eigenvalue weighted by Crippen LogP contribution is 2.30. The Morgan fingerprint density at radius 1 is 1.38 bits per heavy atom. The zero-order valence-corrected chi connectivity index (χ0v) is 10.1. The molecule has 2 saturated heterocycles. The van der Waals surface area contributed by atoms with Crippen molar-refractivity contribution in [3.63, 3.8) is 0 Å². The molecule has 0 saturated carbocycles. The van der Waals surface area contributed by atoms with Crippen molar-refractivity contribution >= 4 is 11.9 Å². The smallest absolute Gasteiger partial charge is 0.411 e. The van der Waals surface area contributed by atoms with E-state index in [2.05, 4.69) is 5.32 Å². The van der Waals surface area contributed by atoms with Crippen molar-refractivity contribution in [2.45, 2.75) is 51.4 Å². The topological polar surface area (TPSA) is 68.6 Å². The zero-order valence-electron chi connectivity index (χ0n) is 10.1. The molecule has 90 valence electrons. The lowest BCUT2D eigenvalue weighted by molar-refractivity contribution is -0.121. The fourth-order valence-corrected chi connectivity index (χ4v) is 2.17. The summed E-state index contributed by atoms with van der Waals surface area (Å²) >= 11 is 0. The molecule has 2 aliphatic heterocycles. The summed E-state index contributed by atoms with van der Waals surface area (Å²) in [7, 11) is 0. The molecule has 1 amide bonds. The Kier molecular flexibility index (Phi) is 2.45. The Morgan fingerprint density at radius 2 is 2.00 bits per heavy atom. The Labute approximate surface area is 95.1 Å². The number of hydrogen-bond acceptors (Lipinski definition) is 4. The van der Waals surface area contributed by atoms with E-state index in [1.54, 1.807) is 4.90 Å². The van der Waals surface area contributed by atoms with Gasteiger partial charge in [0, 0.05) is 12.6 Å². The minimum absolute atomic E-state index is 0.0170. The molecule has 5 heteroatoms. The van der Waals surface area contributed by atoms with Gasteiger partial charge < -0.3 is 10.1 Å². The fourth-order valence-electron chi connectivity index (χ4n) is 2.17. The molecule has 2 aliphatic rings. The molecule has 0 aliphatic carbocycles. The van der Waals surface area contributed by atoms with Crippen LogP contribution in [0.25, 0.3) is 0 Å². The second-order valence-electron chi connectivity index (χ2n) is 5.49. The van der Waals surface area contributed by atoms with Crippen LogP contribution in [0.5, 0.6) is 0 Å². The summed E-state index contributed by atoms with van der Waals surface area (Å²) in [5.41, 5.74) is -0.515. The Hall–Kier alpha value is -1.10. The van der Waals surface area contributed by atoms with Gasteiger partial charge in [0.25, 0.3) is 0 Å². The van der Waals surface area contributed by atoms with Crippen molar-refractivity contribution in [1.29, 1.82) is 0 Å². The lowest BCUT2D eigenvalue weighted by Crippen LogP contribution is -2.47. The van der Waals surface area contributed by atoms with E-state index >= 15 is 0 Å². The predicted octanol–water partition coefficient (Wildman–Crippen LogP) is 0.535. The van der Waals surface area contributed by atoms with Crippen LogP contribution >= 0.6 is 0 Å². The third-order valence-electron chi connectivity index (χ3n) is 2.84. The number of carbonyl (C=O) groups excluding carboxylic acids is 2. The summed E-state index contributed by atoms with van der Waals surface area (Å²) in [4.78, 5) is 24.9. The molecule has 16 heavy (non-hydrogen) atoms. The molecule has 0 aromatic rings. The van der Waals surface area contributed by atoms with Gasteiger partial charge >= 0.3 is 6.09 Å². The number of piperazine rings is 1. The number of likely N-dealkylation sites (tertiary alicyclic amines) is 1. The Morgan fingerprint density at radius 3 is 2.50 bits per heavy atom. The number of ketones is 1. The summed E-state index contributed by atoms with van der Waals surface area (Å²) in [5.74, 6) is 0.0170. The van der Waals surface area contributed by atoms with Crippen LogP contribution in [0.3, 0.4) is 0 Å². The van der Waals surface area contributed by atoms with Gasteiger partial charge in [-0.25, -0.2) is 4.79 Å². The van der Waals surface area contributed by atoms with E-state index in [-0.39, 0.29) is 30.0 Å². The standard InChI is InChI=1S/C11H18N2O3/c1-6(14)9-8-7(12-8)5-13(9)10(15)16-11(2,3)4/h7-9,12H,5H2,1-4H3/t7?,8-,9-/m1/s1. The van der Waals surface area contributed by atoms with Crippen molar-refractivity contribution in [3.05, 3.63) is 0 Å². The van der Waals surface area contributed by atoms with Gasteiger partial charge in [0.2, 0.25) is 0 Å². The maximum absolute atomic E-state index is 11.9. The number of carbonyl (C=O) groups is 2. The molecule has 2 rings (SSSR count). The van der Waals surface area contributed by atoms with Crippen molar-refractivity contribution < 1.29 is 14.3 Å². The van der Waals surface area contributed by atoms with E-state index in [1.165, 1.54) is 6.92 Å². The van der Waals surface area contributed by atoms with Crippen LogP contribution in [-0.2, 0) is 9.53 Å². The van der Waals surface area contributed by atoms with E-state index < -0.39 is 5.60 Å². The number of rotatable bonds is 1. The zero-order chi connectivity index (χ0) is 12.1. The van der Waals surface area contributed by atoms with Crippen molar-refractivity contribution in [3.8, 4) is 0 Å². The number of fused-ring (bicyclic) bond motifs is 1. The van der Waals surface area contributed by atoms with Crippen molar-refractivity contribution in [2.75, 3.05) is 6.54 Å². The van der Waals surface area contributed by atoms with E-state index in [9.17, 15) is 9.59 Å². The van der Waals surface area contributed by atoms with Crippen molar-refractivity contribution in [2.24, 2.45) is 0 Å². The first-order chi connectivity index (χ1) is 7.29. The maximum atomic E-state index is 11.9. The summed E-state index contributed by atoms with van der Waals surface area (Å²) < 4.78 is 5.28. The molecule has 0 spiro atoms. The number of nitrogens with one attached hydrogen (secondary N) is 1. The molecule has 1 N–H and O–H groups in total. The third kappa shape index (κ3) is 2.04. The van der Waals surface area contributed by atoms with Gasteiger partial charge in [-0.15, -0.1) is 0 Å². The average molecular weight is 226 g/mol. The number of ether oxygens (including phenoxy) is 1. The SMILES string of the molecule is CC(=O)[C@@H]1[C@@H]2NC2CN1C(=O)OC(C)(C)C. The highest BCUT2D eigenvalue weighted by Gasteiger charge is 2.56. The molecule has 0 aromatic carbocycles. The Balaban J connectivity index is 2.04. The van der Waals surface area contributed by atoms with Crippen LogP contribution in [0.4, 0.5) is 4.79 Å². The molecule has 0 radical (unpaired) electrons. The third-order valence-corrected chi connectivity index (χ3v) is 2.84. The largest absolute Gasteiger partial charge is 0.444 e. The molecule has 1 unspecified atom stereocenters. The highest BCUT2D eigenvalue weighted by molar-refractivity contribution is 5.88. The summed E-state index contributed by atoms with van der Waals surface area (Å²) in [6.07, 6.45) is -0.387. The van der Waals surface area contributed by atoms with E-state index in [1.807, 2.05) is 20.8 Å². The van der Waals surface area contributed by atoms with Gasteiger partial charge in [-0.1, -0.05) is 0 Å². The lowest BCUT2D eigenvalue weighted by Gasteiger charge is -2.29. The normalized spacial score (nSPS) is 32.2. The van der Waals surface area contributed by atoms with Gasteiger partial charge in [-0.05, 0) is 27.7 Å². The number of amides is 1. The van der Waals surface area contributed by atoms with Crippen LogP contribution in [0.15, 0.2) is 0 Å². The van der Waals surface area contributed by atoms with E-state index in [4.69, 9.17) is 4.74 Å². The summed E-state index contributed by atoms with van der Waals surface area (Å²) in [5, 5.41) is 3.18. The van der Waals surface area contributed by atoms with Crippen LogP contribution in [0.2, 0.25) is 0 Å². The quantitative estimate of drug-likeness (QED) is 0.662. The monoisotopic (exact) mass is 226 g/mol. The van der Waals surface area contributed by atoms with Crippen LogP contribution in [0, 0.1) is 0 Å². The second-order valence-corrected chi connectivity index (χ2v) is 5.49. The number of Topliss-reactive ketones (excluding diaryl/α,β-unsaturated/α-hetero) is 1. The maximum Gasteiger partial charge on any atom is 0.411 e. The molecule has 3 atom stereocenters. The van der Waals surface area contributed by atoms with Gasteiger partial charge in [-0.3, -0.25) is 9.69 Å².